The van der Waals surface area contributed by atoms with Gasteiger partial charge in [0.05, 0.1) is 28.2 Å². The molecule has 1 heterocycles. The van der Waals surface area contributed by atoms with Crippen molar-refractivity contribution >= 4 is 89.9 Å². The number of amides is 1. The van der Waals surface area contributed by atoms with E-state index in [1.807, 2.05) is 0 Å². The molecule has 4 aromatic rings. The summed E-state index contributed by atoms with van der Waals surface area (Å²) in [6, 6.07) is 9.77. The van der Waals surface area contributed by atoms with Crippen LogP contribution in [0.15, 0.2) is 58.3 Å². The minimum Gasteiger partial charge on any atom is -0.474 e. The normalized spacial score (nSPS) is 12.5. The SMILES string of the molecule is Nc1c(S(=O)(=O)O)cc(Nc2ccc(Nc3nc(Cl)nc(NCCNC(=O)C(=O)O)n3)c(S(=O)(=O)O)c2)c2c1C(=O)c1ccccc1C2=O. The minimum atomic E-state index is -5.05. The summed E-state index contributed by atoms with van der Waals surface area (Å²) in [5, 5.41) is 18.2. The fourth-order valence-corrected chi connectivity index (χ4v) is 6.19. The molecule has 0 saturated heterocycles. The number of ketones is 2. The molecule has 0 unspecified atom stereocenters. The molecule has 1 aliphatic carbocycles. The number of nitrogen functional groups attached to an aromatic ring is 1. The van der Waals surface area contributed by atoms with Gasteiger partial charge < -0.3 is 32.1 Å². The molecule has 3 aromatic carbocycles. The maximum atomic E-state index is 13.6. The highest BCUT2D eigenvalue weighted by Crippen LogP contribution is 2.40. The number of halogens is 1. The Morgan fingerprint density at radius 3 is 2.00 bits per heavy atom. The van der Waals surface area contributed by atoms with Crippen LogP contribution in [0.25, 0.3) is 0 Å². The Balaban J connectivity index is 1.50. The number of fused-ring (bicyclic) bond motifs is 2. The van der Waals surface area contributed by atoms with Gasteiger partial charge in [0.1, 0.15) is 9.79 Å². The fraction of sp³-hybridized carbons (Fsp3) is 0.0741. The first-order valence-electron chi connectivity index (χ1n) is 13.4. The van der Waals surface area contributed by atoms with Gasteiger partial charge in [-0.25, -0.2) is 4.79 Å². The van der Waals surface area contributed by atoms with Gasteiger partial charge in [0.2, 0.25) is 17.2 Å². The molecule has 0 radical (unpaired) electrons. The number of aliphatic carboxylic acids is 1. The van der Waals surface area contributed by atoms with Crippen molar-refractivity contribution in [1.82, 2.24) is 20.3 Å². The average molecular weight is 733 g/mol. The molecule has 0 fully saturated rings. The zero-order valence-electron chi connectivity index (χ0n) is 24.3. The van der Waals surface area contributed by atoms with Crippen LogP contribution < -0.4 is 27.0 Å². The zero-order chi connectivity index (χ0) is 35.8. The molecule has 22 heteroatoms. The van der Waals surface area contributed by atoms with Crippen molar-refractivity contribution in [2.75, 3.05) is 34.8 Å². The molecule has 0 atom stereocenters. The van der Waals surface area contributed by atoms with Gasteiger partial charge >= 0.3 is 11.9 Å². The van der Waals surface area contributed by atoms with E-state index in [1.165, 1.54) is 30.3 Å². The third-order valence-corrected chi connectivity index (χ3v) is 8.72. The van der Waals surface area contributed by atoms with Gasteiger partial charge in [-0.05, 0) is 35.9 Å². The number of benzene rings is 3. The van der Waals surface area contributed by atoms with Gasteiger partial charge in [-0.15, -0.1) is 0 Å². The number of rotatable bonds is 10. The molecular weight excluding hydrogens is 712 g/mol. The number of nitrogens with one attached hydrogen (secondary N) is 4. The summed E-state index contributed by atoms with van der Waals surface area (Å²) in [5.74, 6) is -4.94. The summed E-state index contributed by atoms with van der Waals surface area (Å²) in [7, 11) is -10.1. The van der Waals surface area contributed by atoms with Gasteiger partial charge in [0.25, 0.3) is 20.2 Å². The summed E-state index contributed by atoms with van der Waals surface area (Å²) in [5.41, 5.74) is 3.58. The highest BCUT2D eigenvalue weighted by Gasteiger charge is 2.36. The lowest BCUT2D eigenvalue weighted by Crippen LogP contribution is -2.34. The molecule has 0 aliphatic heterocycles. The minimum absolute atomic E-state index is 0.0184. The Morgan fingerprint density at radius 2 is 1.39 bits per heavy atom. The summed E-state index contributed by atoms with van der Waals surface area (Å²) in [6.45, 7) is -0.197. The quantitative estimate of drug-likeness (QED) is 0.0436. The van der Waals surface area contributed by atoms with Crippen LogP contribution in [0.3, 0.4) is 0 Å². The summed E-state index contributed by atoms with van der Waals surface area (Å²) >= 11 is 5.95. The second-order valence-electron chi connectivity index (χ2n) is 9.94. The Bertz CT molecular complexity index is 2320. The fourth-order valence-electron chi connectivity index (χ4n) is 4.71. The maximum absolute atomic E-state index is 13.6. The van der Waals surface area contributed by atoms with E-state index in [2.05, 4.69) is 36.2 Å². The number of hydrogen-bond donors (Lipinski definition) is 8. The maximum Gasteiger partial charge on any atom is 0.394 e. The number of carboxylic acids is 1. The largest absolute Gasteiger partial charge is 0.474 e. The number of anilines is 6. The van der Waals surface area contributed by atoms with E-state index in [0.29, 0.717) is 0 Å². The van der Waals surface area contributed by atoms with Gasteiger partial charge in [0.15, 0.2) is 11.6 Å². The number of carboxylic acid groups (broad SMARTS) is 1. The van der Waals surface area contributed by atoms with Crippen molar-refractivity contribution in [2.24, 2.45) is 0 Å². The van der Waals surface area contributed by atoms with E-state index in [1.54, 1.807) is 0 Å². The van der Waals surface area contributed by atoms with Gasteiger partial charge in [0, 0.05) is 29.9 Å². The smallest absolute Gasteiger partial charge is 0.394 e. The highest BCUT2D eigenvalue weighted by molar-refractivity contribution is 7.86. The summed E-state index contributed by atoms with van der Waals surface area (Å²) in [6.07, 6.45) is 0. The Labute approximate surface area is 280 Å². The summed E-state index contributed by atoms with van der Waals surface area (Å²) < 4.78 is 69.2. The van der Waals surface area contributed by atoms with E-state index < -0.39 is 64.7 Å². The Kier molecular flexibility index (Phi) is 9.21. The first-order valence-corrected chi connectivity index (χ1v) is 16.7. The van der Waals surface area contributed by atoms with Gasteiger partial charge in [-0.3, -0.25) is 23.5 Å². The average Bonchev–Trinajstić information content (AvgIpc) is 3.01. The first-order chi connectivity index (χ1) is 23.0. The number of nitrogens with two attached hydrogens (primary N) is 1. The molecule has 254 valence electrons. The van der Waals surface area contributed by atoms with Crippen molar-refractivity contribution in [2.45, 2.75) is 9.79 Å². The van der Waals surface area contributed by atoms with Crippen LogP contribution in [0.4, 0.5) is 34.6 Å². The van der Waals surface area contributed by atoms with Crippen LogP contribution >= 0.6 is 11.6 Å². The predicted octanol–water partition coefficient (Wildman–Crippen LogP) is 1.48. The van der Waals surface area contributed by atoms with Crippen molar-refractivity contribution < 1.29 is 50.2 Å². The molecule has 9 N–H and O–H groups in total. The molecule has 49 heavy (non-hydrogen) atoms. The van der Waals surface area contributed by atoms with Crippen LogP contribution in [-0.2, 0) is 29.8 Å². The van der Waals surface area contributed by atoms with Crippen molar-refractivity contribution in [3.63, 3.8) is 0 Å². The van der Waals surface area contributed by atoms with Gasteiger partial charge in [-0.2, -0.15) is 31.8 Å². The van der Waals surface area contributed by atoms with Crippen LogP contribution in [0.2, 0.25) is 5.28 Å². The topological polar surface area (TPSA) is 310 Å². The zero-order valence-corrected chi connectivity index (χ0v) is 26.6. The molecule has 0 bridgehead atoms. The van der Waals surface area contributed by atoms with E-state index >= 15 is 0 Å². The van der Waals surface area contributed by atoms with Gasteiger partial charge in [-0.1, -0.05) is 24.3 Å². The molecular formula is C27H21ClN8O11S2. The molecule has 1 aromatic heterocycles. The lowest BCUT2D eigenvalue weighted by Gasteiger charge is -2.24. The monoisotopic (exact) mass is 732 g/mol. The number of nitrogens with zero attached hydrogens (tertiary/aromatic N) is 3. The van der Waals surface area contributed by atoms with E-state index in [0.717, 1.165) is 18.2 Å². The van der Waals surface area contributed by atoms with Crippen molar-refractivity contribution in [3.05, 3.63) is 76.1 Å². The van der Waals surface area contributed by atoms with E-state index in [9.17, 15) is 45.1 Å². The van der Waals surface area contributed by atoms with Crippen LogP contribution in [-0.4, -0.2) is 82.5 Å². The molecule has 1 aliphatic rings. The van der Waals surface area contributed by atoms with E-state index in [4.69, 9.17) is 22.4 Å². The van der Waals surface area contributed by atoms with Crippen LogP contribution in [0.1, 0.15) is 31.8 Å². The number of carbonyl (C=O) groups excluding carboxylic acids is 3. The van der Waals surface area contributed by atoms with Crippen molar-refractivity contribution in [1.29, 1.82) is 0 Å². The lowest BCUT2D eigenvalue weighted by atomic mass is 9.82. The van der Waals surface area contributed by atoms with Crippen LogP contribution in [0.5, 0.6) is 0 Å². The standard InChI is InChI=1S/C27H21ClN8O11S2/c28-25-34-26(31-8-7-30-23(39)24(40)41)36-27(35-25)33-14-6-5-11(9-16(14)48(42,43)44)32-15-10-17(49(45,46)47)20(29)19-18(15)21(37)12-3-1-2-4-13(12)22(19)38/h1-6,9-10,32H,7-8,29H2,(H,30,39)(H,40,41)(H,42,43,44)(H,45,46,47)(H2,31,33,34,35,36). The Morgan fingerprint density at radius 1 is 0.776 bits per heavy atom. The molecule has 19 nitrogen and oxygen atoms in total. The van der Waals surface area contributed by atoms with Crippen LogP contribution in [0, 0.1) is 0 Å². The second kappa shape index (κ2) is 13.0. The van der Waals surface area contributed by atoms with E-state index in [-0.39, 0.29) is 64.0 Å². The number of carbonyl (C=O) groups is 4. The summed E-state index contributed by atoms with van der Waals surface area (Å²) in [4.78, 5) is 58.7. The molecule has 0 spiro atoms. The third-order valence-electron chi connectivity index (χ3n) is 6.76. The predicted molar refractivity (Wildman–Crippen MR) is 171 cm³/mol. The molecule has 1 amide bonds. The number of hydrogen-bond acceptors (Lipinski definition) is 15. The second-order valence-corrected chi connectivity index (χ2v) is 13.1. The van der Waals surface area contributed by atoms with Crippen molar-refractivity contribution in [3.8, 4) is 0 Å². The molecule has 5 rings (SSSR count). The first kappa shape index (κ1) is 34.6. The highest BCUT2D eigenvalue weighted by atomic mass is 35.5. The number of aromatic nitrogens is 3. The lowest BCUT2D eigenvalue weighted by molar-refractivity contribution is -0.150. The Hall–Kier alpha value is -5.74. The third kappa shape index (κ3) is 7.24. The molecule has 0 saturated carbocycles.